The molecule has 2 rings (SSSR count). The molecule has 0 spiro atoms. The fourth-order valence-corrected chi connectivity index (χ4v) is 1.34. The Morgan fingerprint density at radius 2 is 2.43 bits per heavy atom. The standard InChI is InChI=1S/C9H9N3O2/c13-9(14)3-8-7(5-11-12-8)6-1-2-10-4-6/h1-2,4-5,10H,3H2,(H,11,12)(H,13,14). The summed E-state index contributed by atoms with van der Waals surface area (Å²) < 4.78 is 0. The number of rotatable bonds is 3. The fraction of sp³-hybridized carbons (Fsp3) is 0.111. The van der Waals surface area contributed by atoms with Crippen molar-refractivity contribution in [3.8, 4) is 11.1 Å². The van der Waals surface area contributed by atoms with Crippen LogP contribution in [0.2, 0.25) is 0 Å². The van der Waals surface area contributed by atoms with Gasteiger partial charge < -0.3 is 10.1 Å². The summed E-state index contributed by atoms with van der Waals surface area (Å²) in [6, 6.07) is 1.87. The molecular weight excluding hydrogens is 182 g/mol. The molecule has 14 heavy (non-hydrogen) atoms. The molecule has 2 heterocycles. The van der Waals surface area contributed by atoms with E-state index in [9.17, 15) is 4.79 Å². The van der Waals surface area contributed by atoms with Gasteiger partial charge in [0.2, 0.25) is 0 Å². The Labute approximate surface area is 79.8 Å². The molecule has 2 aromatic rings. The van der Waals surface area contributed by atoms with Crippen molar-refractivity contribution in [1.82, 2.24) is 15.2 Å². The summed E-state index contributed by atoms with van der Waals surface area (Å²) in [5.41, 5.74) is 2.39. The second-order valence-corrected chi connectivity index (χ2v) is 2.93. The van der Waals surface area contributed by atoms with Gasteiger partial charge >= 0.3 is 5.97 Å². The average Bonchev–Trinajstić information content (AvgIpc) is 2.70. The number of carbonyl (C=O) groups is 1. The zero-order valence-electron chi connectivity index (χ0n) is 7.32. The molecule has 0 bridgehead atoms. The van der Waals surface area contributed by atoms with Crippen LogP contribution >= 0.6 is 0 Å². The van der Waals surface area contributed by atoms with Crippen molar-refractivity contribution < 1.29 is 9.90 Å². The number of nitrogens with one attached hydrogen (secondary N) is 2. The average molecular weight is 191 g/mol. The molecule has 0 amide bonds. The molecule has 3 N–H and O–H groups in total. The van der Waals surface area contributed by atoms with Crippen LogP contribution < -0.4 is 0 Å². The lowest BCUT2D eigenvalue weighted by Gasteiger charge is -1.96. The Kier molecular flexibility index (Phi) is 2.06. The van der Waals surface area contributed by atoms with Gasteiger partial charge in [-0.2, -0.15) is 5.10 Å². The van der Waals surface area contributed by atoms with Crippen LogP contribution in [-0.2, 0) is 11.2 Å². The van der Waals surface area contributed by atoms with E-state index in [1.807, 2.05) is 6.07 Å². The molecule has 0 unspecified atom stereocenters. The SMILES string of the molecule is O=C(O)Cc1[nH]ncc1-c1cc[nH]c1. The van der Waals surface area contributed by atoms with Crippen LogP contribution in [0, 0.1) is 0 Å². The highest BCUT2D eigenvalue weighted by molar-refractivity contribution is 5.74. The number of carboxylic acid groups (broad SMARTS) is 1. The predicted octanol–water partition coefficient (Wildman–Crippen LogP) is 1.03. The largest absolute Gasteiger partial charge is 0.481 e. The minimum absolute atomic E-state index is 0.0412. The normalized spacial score (nSPS) is 10.3. The van der Waals surface area contributed by atoms with Gasteiger partial charge in [0.1, 0.15) is 0 Å². The summed E-state index contributed by atoms with van der Waals surface area (Å²) >= 11 is 0. The first-order valence-electron chi connectivity index (χ1n) is 4.14. The fourth-order valence-electron chi connectivity index (χ4n) is 1.34. The van der Waals surface area contributed by atoms with Crippen molar-refractivity contribution in [2.24, 2.45) is 0 Å². The summed E-state index contributed by atoms with van der Waals surface area (Å²) in [5.74, 6) is -0.869. The zero-order valence-corrected chi connectivity index (χ0v) is 7.32. The minimum Gasteiger partial charge on any atom is -0.481 e. The van der Waals surface area contributed by atoms with Crippen LogP contribution in [0.5, 0.6) is 0 Å². The maximum atomic E-state index is 10.5. The molecule has 5 nitrogen and oxygen atoms in total. The highest BCUT2D eigenvalue weighted by Gasteiger charge is 2.10. The van der Waals surface area contributed by atoms with Gasteiger partial charge in [-0.15, -0.1) is 0 Å². The van der Waals surface area contributed by atoms with Gasteiger partial charge in [-0.25, -0.2) is 0 Å². The van der Waals surface area contributed by atoms with Crippen molar-refractivity contribution >= 4 is 5.97 Å². The van der Waals surface area contributed by atoms with Crippen molar-refractivity contribution in [3.05, 3.63) is 30.4 Å². The molecule has 0 saturated carbocycles. The van der Waals surface area contributed by atoms with E-state index >= 15 is 0 Å². The molecule has 0 radical (unpaired) electrons. The zero-order chi connectivity index (χ0) is 9.97. The first-order valence-corrected chi connectivity index (χ1v) is 4.14. The number of nitrogens with zero attached hydrogens (tertiary/aromatic N) is 1. The Morgan fingerprint density at radius 1 is 1.57 bits per heavy atom. The third-order valence-electron chi connectivity index (χ3n) is 1.96. The lowest BCUT2D eigenvalue weighted by molar-refractivity contribution is -0.136. The van der Waals surface area contributed by atoms with Crippen LogP contribution in [0.15, 0.2) is 24.7 Å². The number of hydrogen-bond donors (Lipinski definition) is 3. The van der Waals surface area contributed by atoms with E-state index in [-0.39, 0.29) is 6.42 Å². The predicted molar refractivity (Wildman–Crippen MR) is 49.7 cm³/mol. The third-order valence-corrected chi connectivity index (χ3v) is 1.96. The maximum absolute atomic E-state index is 10.5. The van der Waals surface area contributed by atoms with Gasteiger partial charge in [-0.05, 0) is 6.07 Å². The van der Waals surface area contributed by atoms with E-state index in [0.717, 1.165) is 11.1 Å². The monoisotopic (exact) mass is 191 g/mol. The Balaban J connectivity index is 2.35. The van der Waals surface area contributed by atoms with Crippen molar-refractivity contribution in [2.45, 2.75) is 6.42 Å². The summed E-state index contributed by atoms with van der Waals surface area (Å²) in [5, 5.41) is 15.2. The van der Waals surface area contributed by atoms with Gasteiger partial charge in [0.15, 0.2) is 0 Å². The molecular formula is C9H9N3O2. The molecule has 2 aromatic heterocycles. The summed E-state index contributed by atoms with van der Waals surface area (Å²) in [6.45, 7) is 0. The Hall–Kier alpha value is -2.04. The first kappa shape index (κ1) is 8.55. The molecule has 0 aliphatic heterocycles. The second kappa shape index (κ2) is 3.37. The van der Waals surface area contributed by atoms with Crippen LogP contribution in [0.3, 0.4) is 0 Å². The second-order valence-electron chi connectivity index (χ2n) is 2.93. The third kappa shape index (κ3) is 1.52. The lowest BCUT2D eigenvalue weighted by Crippen LogP contribution is -2.01. The summed E-state index contributed by atoms with van der Waals surface area (Å²) in [4.78, 5) is 13.4. The summed E-state index contributed by atoms with van der Waals surface area (Å²) in [6.07, 6.45) is 5.17. The van der Waals surface area contributed by atoms with E-state index in [4.69, 9.17) is 5.11 Å². The Bertz CT molecular complexity index is 431. The Morgan fingerprint density at radius 3 is 3.07 bits per heavy atom. The number of H-pyrrole nitrogens is 2. The molecule has 0 aliphatic rings. The molecule has 0 aromatic carbocycles. The van der Waals surface area contributed by atoms with E-state index in [1.54, 1.807) is 18.6 Å². The molecule has 5 heteroatoms. The molecule has 0 saturated heterocycles. The van der Waals surface area contributed by atoms with Gasteiger partial charge in [-0.1, -0.05) is 0 Å². The van der Waals surface area contributed by atoms with Gasteiger partial charge in [0.05, 0.1) is 18.3 Å². The number of carboxylic acids is 1. The number of aromatic amines is 2. The smallest absolute Gasteiger partial charge is 0.309 e. The number of aromatic nitrogens is 3. The lowest BCUT2D eigenvalue weighted by atomic mass is 10.1. The van der Waals surface area contributed by atoms with E-state index in [1.165, 1.54) is 0 Å². The van der Waals surface area contributed by atoms with Gasteiger partial charge in [-0.3, -0.25) is 9.89 Å². The highest BCUT2D eigenvalue weighted by Crippen LogP contribution is 2.21. The van der Waals surface area contributed by atoms with Gasteiger partial charge in [0, 0.05) is 23.5 Å². The van der Waals surface area contributed by atoms with Crippen LogP contribution in [-0.4, -0.2) is 26.3 Å². The van der Waals surface area contributed by atoms with E-state index in [2.05, 4.69) is 15.2 Å². The van der Waals surface area contributed by atoms with Gasteiger partial charge in [0.25, 0.3) is 0 Å². The van der Waals surface area contributed by atoms with Crippen molar-refractivity contribution in [1.29, 1.82) is 0 Å². The van der Waals surface area contributed by atoms with Crippen LogP contribution in [0.25, 0.3) is 11.1 Å². The molecule has 0 aliphatic carbocycles. The highest BCUT2D eigenvalue weighted by atomic mass is 16.4. The topological polar surface area (TPSA) is 81.8 Å². The minimum atomic E-state index is -0.869. The molecule has 0 atom stereocenters. The molecule has 72 valence electrons. The van der Waals surface area contributed by atoms with Crippen LogP contribution in [0.1, 0.15) is 5.69 Å². The van der Waals surface area contributed by atoms with Crippen molar-refractivity contribution in [2.75, 3.05) is 0 Å². The first-order chi connectivity index (χ1) is 6.77. The van der Waals surface area contributed by atoms with E-state index < -0.39 is 5.97 Å². The number of aliphatic carboxylic acids is 1. The van der Waals surface area contributed by atoms with Crippen molar-refractivity contribution in [3.63, 3.8) is 0 Å². The molecule has 0 fully saturated rings. The quantitative estimate of drug-likeness (QED) is 0.677. The summed E-state index contributed by atoms with van der Waals surface area (Å²) in [7, 11) is 0. The van der Waals surface area contributed by atoms with E-state index in [0.29, 0.717) is 5.69 Å². The number of hydrogen-bond acceptors (Lipinski definition) is 2. The maximum Gasteiger partial charge on any atom is 0.309 e. The van der Waals surface area contributed by atoms with Crippen LogP contribution in [0.4, 0.5) is 0 Å².